The van der Waals surface area contributed by atoms with E-state index >= 15 is 0 Å². The van der Waals surface area contributed by atoms with Crippen LogP contribution < -0.4 is 0 Å². The average molecular weight is 186 g/mol. The van der Waals surface area contributed by atoms with Crippen LogP contribution in [0.4, 0.5) is 0 Å². The average Bonchev–Trinajstić information content (AvgIpc) is 2.02. The maximum atomic E-state index is 10.7. The van der Waals surface area contributed by atoms with Crippen molar-refractivity contribution >= 4 is 11.8 Å². The van der Waals surface area contributed by atoms with Crippen molar-refractivity contribution in [3.63, 3.8) is 0 Å². The van der Waals surface area contributed by atoms with Gasteiger partial charge >= 0.3 is 5.97 Å². The van der Waals surface area contributed by atoms with E-state index in [-0.39, 0.29) is 11.7 Å². The second-order valence-corrected chi connectivity index (χ2v) is 3.42. The number of Topliss-reactive ketones (excluding diaryl/α,β-unsaturated/α-hetero) is 1. The molecule has 0 aromatic heterocycles. The summed E-state index contributed by atoms with van der Waals surface area (Å²) in [5.74, 6) is -0.851. The fourth-order valence-electron chi connectivity index (χ4n) is 1.34. The standard InChI is InChI=1S/C10H18O3/c1-3-5-9(10(12)13)7-4-6-8(2)11/h9H,3-7H2,1-2H3,(H,12,13). The molecule has 0 saturated carbocycles. The zero-order valence-corrected chi connectivity index (χ0v) is 8.38. The van der Waals surface area contributed by atoms with Crippen LogP contribution in [0.2, 0.25) is 0 Å². The molecule has 3 heteroatoms. The molecule has 0 aromatic rings. The van der Waals surface area contributed by atoms with Gasteiger partial charge in [-0.3, -0.25) is 4.79 Å². The topological polar surface area (TPSA) is 54.4 Å². The van der Waals surface area contributed by atoms with Gasteiger partial charge in [-0.15, -0.1) is 0 Å². The number of aliphatic carboxylic acids is 1. The Labute approximate surface area is 79.1 Å². The monoisotopic (exact) mass is 186 g/mol. The van der Waals surface area contributed by atoms with Crippen molar-refractivity contribution in [2.24, 2.45) is 5.92 Å². The van der Waals surface area contributed by atoms with Crippen molar-refractivity contribution in [3.8, 4) is 0 Å². The molecule has 0 aliphatic rings. The summed E-state index contributed by atoms with van der Waals surface area (Å²) < 4.78 is 0. The number of carboxylic acids is 1. The molecule has 1 N–H and O–H groups in total. The van der Waals surface area contributed by atoms with Gasteiger partial charge in [0, 0.05) is 6.42 Å². The van der Waals surface area contributed by atoms with Gasteiger partial charge in [0.25, 0.3) is 0 Å². The third kappa shape index (κ3) is 6.31. The van der Waals surface area contributed by atoms with Gasteiger partial charge in [0.1, 0.15) is 5.78 Å². The third-order valence-corrected chi connectivity index (χ3v) is 2.07. The van der Waals surface area contributed by atoms with Crippen LogP contribution in [0.5, 0.6) is 0 Å². The van der Waals surface area contributed by atoms with Crippen molar-refractivity contribution < 1.29 is 14.7 Å². The summed E-state index contributed by atoms with van der Waals surface area (Å²) in [5.41, 5.74) is 0. The number of ketones is 1. The van der Waals surface area contributed by atoms with Gasteiger partial charge in [0.15, 0.2) is 0 Å². The van der Waals surface area contributed by atoms with Crippen molar-refractivity contribution in [2.45, 2.75) is 46.0 Å². The smallest absolute Gasteiger partial charge is 0.306 e. The summed E-state index contributed by atoms with van der Waals surface area (Å²) in [6, 6.07) is 0. The highest BCUT2D eigenvalue weighted by atomic mass is 16.4. The van der Waals surface area contributed by atoms with E-state index in [1.807, 2.05) is 6.92 Å². The largest absolute Gasteiger partial charge is 0.481 e. The number of carboxylic acid groups (broad SMARTS) is 1. The molecule has 13 heavy (non-hydrogen) atoms. The van der Waals surface area contributed by atoms with Crippen molar-refractivity contribution in [2.75, 3.05) is 0 Å². The van der Waals surface area contributed by atoms with Crippen LogP contribution in [0.25, 0.3) is 0 Å². The van der Waals surface area contributed by atoms with Gasteiger partial charge in [0.2, 0.25) is 0 Å². The van der Waals surface area contributed by atoms with Gasteiger partial charge in [-0.05, 0) is 26.2 Å². The highest BCUT2D eigenvalue weighted by Crippen LogP contribution is 2.14. The lowest BCUT2D eigenvalue weighted by molar-refractivity contribution is -0.142. The quantitative estimate of drug-likeness (QED) is 0.663. The first kappa shape index (κ1) is 12.1. The molecular formula is C10H18O3. The third-order valence-electron chi connectivity index (χ3n) is 2.07. The maximum absolute atomic E-state index is 10.7. The lowest BCUT2D eigenvalue weighted by atomic mass is 9.97. The predicted molar refractivity (Wildman–Crippen MR) is 50.6 cm³/mol. The number of hydrogen-bond donors (Lipinski definition) is 1. The Bertz CT molecular complexity index is 175. The molecule has 0 heterocycles. The van der Waals surface area contributed by atoms with E-state index in [0.29, 0.717) is 25.7 Å². The van der Waals surface area contributed by atoms with Crippen molar-refractivity contribution in [3.05, 3.63) is 0 Å². The minimum Gasteiger partial charge on any atom is -0.481 e. The zero-order chi connectivity index (χ0) is 10.3. The SMILES string of the molecule is CCCC(CCCC(C)=O)C(=O)O. The highest BCUT2D eigenvalue weighted by molar-refractivity contribution is 5.75. The van der Waals surface area contributed by atoms with Crippen LogP contribution in [0.1, 0.15) is 46.0 Å². The predicted octanol–water partition coefficient (Wildman–Crippen LogP) is 2.25. The minimum absolute atomic E-state index is 0.139. The Morgan fingerprint density at radius 3 is 2.31 bits per heavy atom. The molecule has 0 rings (SSSR count). The van der Waals surface area contributed by atoms with E-state index in [4.69, 9.17) is 5.11 Å². The summed E-state index contributed by atoms with van der Waals surface area (Å²) in [6.07, 6.45) is 3.44. The van der Waals surface area contributed by atoms with Crippen LogP contribution in [-0.2, 0) is 9.59 Å². The normalized spacial score (nSPS) is 12.5. The van der Waals surface area contributed by atoms with Crippen LogP contribution in [0.15, 0.2) is 0 Å². The lowest BCUT2D eigenvalue weighted by Gasteiger charge is -2.09. The number of carbonyl (C=O) groups is 2. The van der Waals surface area contributed by atoms with Crippen LogP contribution >= 0.6 is 0 Å². The molecule has 1 unspecified atom stereocenters. The zero-order valence-electron chi connectivity index (χ0n) is 8.38. The first-order valence-electron chi connectivity index (χ1n) is 4.80. The fourth-order valence-corrected chi connectivity index (χ4v) is 1.34. The Balaban J connectivity index is 3.69. The Kier molecular flexibility index (Phi) is 6.20. The summed E-state index contributed by atoms with van der Waals surface area (Å²) in [5, 5.41) is 8.78. The molecule has 0 aliphatic heterocycles. The van der Waals surface area contributed by atoms with E-state index in [1.165, 1.54) is 6.92 Å². The van der Waals surface area contributed by atoms with Crippen LogP contribution in [0.3, 0.4) is 0 Å². The Hall–Kier alpha value is -0.860. The second-order valence-electron chi connectivity index (χ2n) is 3.42. The van der Waals surface area contributed by atoms with E-state index < -0.39 is 5.97 Å². The summed E-state index contributed by atoms with van der Waals surface area (Å²) >= 11 is 0. The molecule has 0 fully saturated rings. The molecule has 1 atom stereocenters. The van der Waals surface area contributed by atoms with Crippen LogP contribution in [0, 0.1) is 5.92 Å². The van der Waals surface area contributed by atoms with Gasteiger partial charge < -0.3 is 9.90 Å². The molecule has 0 radical (unpaired) electrons. The molecule has 0 aliphatic carbocycles. The summed E-state index contributed by atoms with van der Waals surface area (Å²) in [4.78, 5) is 21.3. The van der Waals surface area contributed by atoms with Gasteiger partial charge in [-0.1, -0.05) is 13.3 Å². The van der Waals surface area contributed by atoms with E-state index in [0.717, 1.165) is 6.42 Å². The molecule has 0 aromatic carbocycles. The molecule has 0 spiro atoms. The van der Waals surface area contributed by atoms with Crippen molar-refractivity contribution in [1.82, 2.24) is 0 Å². The van der Waals surface area contributed by atoms with Gasteiger partial charge in [0.05, 0.1) is 5.92 Å². The Morgan fingerprint density at radius 2 is 1.92 bits per heavy atom. The van der Waals surface area contributed by atoms with E-state index in [2.05, 4.69) is 0 Å². The first-order valence-corrected chi connectivity index (χ1v) is 4.80. The highest BCUT2D eigenvalue weighted by Gasteiger charge is 2.15. The van der Waals surface area contributed by atoms with E-state index in [9.17, 15) is 9.59 Å². The molecule has 0 amide bonds. The molecule has 3 nitrogen and oxygen atoms in total. The number of rotatable bonds is 7. The summed E-state index contributed by atoms with van der Waals surface area (Å²) in [7, 11) is 0. The molecule has 76 valence electrons. The number of carbonyl (C=O) groups excluding carboxylic acids is 1. The van der Waals surface area contributed by atoms with Gasteiger partial charge in [-0.2, -0.15) is 0 Å². The van der Waals surface area contributed by atoms with Crippen LogP contribution in [-0.4, -0.2) is 16.9 Å². The Morgan fingerprint density at radius 1 is 1.31 bits per heavy atom. The molecule has 0 bridgehead atoms. The minimum atomic E-state index is -0.731. The first-order chi connectivity index (χ1) is 6.07. The lowest BCUT2D eigenvalue weighted by Crippen LogP contribution is -2.13. The molecular weight excluding hydrogens is 168 g/mol. The van der Waals surface area contributed by atoms with Crippen molar-refractivity contribution in [1.29, 1.82) is 0 Å². The van der Waals surface area contributed by atoms with Gasteiger partial charge in [-0.25, -0.2) is 0 Å². The fraction of sp³-hybridized carbons (Fsp3) is 0.800. The van der Waals surface area contributed by atoms with E-state index in [1.54, 1.807) is 0 Å². The maximum Gasteiger partial charge on any atom is 0.306 e. The second kappa shape index (κ2) is 6.63. The number of hydrogen-bond acceptors (Lipinski definition) is 2. The summed E-state index contributed by atoms with van der Waals surface area (Å²) in [6.45, 7) is 3.51. The molecule has 0 saturated heterocycles.